The predicted octanol–water partition coefficient (Wildman–Crippen LogP) is 5.11. The Labute approximate surface area is 152 Å². The number of hydrogen-bond acceptors (Lipinski definition) is 3. The van der Waals surface area contributed by atoms with Crippen molar-refractivity contribution in [3.05, 3.63) is 75.4 Å². The molecule has 0 aliphatic rings. The molecule has 0 saturated heterocycles. The molecule has 0 bridgehead atoms. The first kappa shape index (κ1) is 16.8. The van der Waals surface area contributed by atoms with Crippen molar-refractivity contribution in [2.24, 2.45) is 0 Å². The third kappa shape index (κ3) is 3.70. The molecule has 3 rings (SSSR count). The fourth-order valence-corrected chi connectivity index (χ4v) is 2.80. The summed E-state index contributed by atoms with van der Waals surface area (Å²) in [5.41, 5.74) is 1.81. The molecule has 3 aromatic rings. The van der Waals surface area contributed by atoms with E-state index in [-0.39, 0.29) is 12.5 Å². The summed E-state index contributed by atoms with van der Waals surface area (Å²) < 4.78 is 6.28. The molecule has 2 aromatic carbocycles. The van der Waals surface area contributed by atoms with Crippen LogP contribution in [-0.4, -0.2) is 11.0 Å². The molecule has 4 nitrogen and oxygen atoms in total. The van der Waals surface area contributed by atoms with Gasteiger partial charge in [-0.2, -0.15) is 0 Å². The van der Waals surface area contributed by atoms with Crippen LogP contribution in [-0.2, 0) is 6.61 Å². The van der Waals surface area contributed by atoms with Crippen LogP contribution < -0.4 is 5.32 Å². The Bertz CT molecular complexity index is 891. The molecule has 0 aliphatic heterocycles. The zero-order valence-electron chi connectivity index (χ0n) is 12.4. The average Bonchev–Trinajstić information content (AvgIpc) is 3.06. The van der Waals surface area contributed by atoms with Gasteiger partial charge >= 0.3 is 0 Å². The van der Waals surface area contributed by atoms with E-state index in [9.17, 15) is 4.79 Å². The lowest BCUT2D eigenvalue weighted by Gasteiger charge is -2.08. The normalized spacial score (nSPS) is 10.6. The molecule has 6 heteroatoms. The Morgan fingerprint density at radius 2 is 2.00 bits per heavy atom. The first-order valence-corrected chi connectivity index (χ1v) is 8.30. The van der Waals surface area contributed by atoms with E-state index in [1.165, 1.54) is 0 Å². The van der Waals surface area contributed by atoms with Crippen LogP contribution in [0.5, 0.6) is 0 Å². The molecule has 0 aliphatic carbocycles. The van der Waals surface area contributed by atoms with E-state index < -0.39 is 0 Å². The molecule has 0 atom stereocenters. The number of hydrogen-bond donors (Lipinski definition) is 2. The summed E-state index contributed by atoms with van der Waals surface area (Å²) >= 11 is 9.41. The molecule has 0 spiro atoms. The van der Waals surface area contributed by atoms with Gasteiger partial charge in [0.05, 0.1) is 10.6 Å². The van der Waals surface area contributed by atoms with E-state index in [0.29, 0.717) is 27.8 Å². The molecule has 0 radical (unpaired) electrons. The van der Waals surface area contributed by atoms with Crippen molar-refractivity contribution in [2.75, 3.05) is 5.32 Å². The summed E-state index contributed by atoms with van der Waals surface area (Å²) in [4.78, 5) is 12.4. The average molecular weight is 407 g/mol. The maximum Gasteiger partial charge on any atom is 0.257 e. The van der Waals surface area contributed by atoms with Crippen molar-refractivity contribution in [1.82, 2.24) is 0 Å². The lowest BCUT2D eigenvalue weighted by atomic mass is 10.1. The van der Waals surface area contributed by atoms with E-state index in [0.717, 1.165) is 10.0 Å². The van der Waals surface area contributed by atoms with E-state index >= 15 is 0 Å². The highest BCUT2D eigenvalue weighted by atomic mass is 79.9. The van der Waals surface area contributed by atoms with E-state index in [4.69, 9.17) is 21.1 Å². The summed E-state index contributed by atoms with van der Waals surface area (Å²) in [6, 6.07) is 15.8. The van der Waals surface area contributed by atoms with Gasteiger partial charge in [0.1, 0.15) is 18.1 Å². The highest BCUT2D eigenvalue weighted by Gasteiger charge is 2.12. The molecular formula is C18H13BrClNO3. The number of carbonyl (C=O) groups excluding carboxylic acids is 1. The fraction of sp³-hybridized carbons (Fsp3) is 0.0556. The lowest BCUT2D eigenvalue weighted by molar-refractivity contribution is 0.102. The Hall–Kier alpha value is -2.08. The van der Waals surface area contributed by atoms with Crippen LogP contribution in [0, 0.1) is 0 Å². The van der Waals surface area contributed by atoms with Crippen molar-refractivity contribution in [3.63, 3.8) is 0 Å². The number of nitrogens with one attached hydrogen (secondary N) is 1. The zero-order chi connectivity index (χ0) is 17.1. The standard InChI is InChI=1S/C18H13BrClNO3/c19-12-4-6-16(20)15(9-12)18(23)21-13-3-1-2-11(8-13)17-7-5-14(10-22)24-17/h1-9,22H,10H2,(H,21,23). The first-order chi connectivity index (χ1) is 11.6. The van der Waals surface area contributed by atoms with Gasteiger partial charge in [0, 0.05) is 15.7 Å². The quantitative estimate of drug-likeness (QED) is 0.633. The number of amides is 1. The lowest BCUT2D eigenvalue weighted by Crippen LogP contribution is -2.12. The first-order valence-electron chi connectivity index (χ1n) is 7.13. The minimum atomic E-state index is -0.297. The molecule has 1 heterocycles. The van der Waals surface area contributed by atoms with E-state index in [2.05, 4.69) is 21.2 Å². The number of halogens is 2. The number of rotatable bonds is 4. The minimum absolute atomic E-state index is 0.155. The molecule has 1 amide bonds. The van der Waals surface area contributed by atoms with E-state index in [1.807, 2.05) is 12.1 Å². The molecule has 0 unspecified atom stereocenters. The second kappa shape index (κ2) is 7.21. The zero-order valence-corrected chi connectivity index (χ0v) is 14.8. The molecule has 2 N–H and O–H groups in total. The Morgan fingerprint density at radius 1 is 1.17 bits per heavy atom. The van der Waals surface area contributed by atoms with Crippen molar-refractivity contribution >= 4 is 39.1 Å². The van der Waals surface area contributed by atoms with Gasteiger partial charge in [0.15, 0.2) is 0 Å². The van der Waals surface area contributed by atoms with Gasteiger partial charge in [-0.1, -0.05) is 39.7 Å². The second-order valence-corrected chi connectivity index (χ2v) is 6.41. The summed E-state index contributed by atoms with van der Waals surface area (Å²) in [6.07, 6.45) is 0. The van der Waals surface area contributed by atoms with E-state index in [1.54, 1.807) is 42.5 Å². The van der Waals surface area contributed by atoms with Gasteiger partial charge in [-0.05, 0) is 42.5 Å². The highest BCUT2D eigenvalue weighted by Crippen LogP contribution is 2.26. The van der Waals surface area contributed by atoms with Crippen LogP contribution in [0.2, 0.25) is 5.02 Å². The maximum absolute atomic E-state index is 12.4. The SMILES string of the molecule is O=C(Nc1cccc(-c2ccc(CO)o2)c1)c1cc(Br)ccc1Cl. The van der Waals surface area contributed by atoms with Crippen molar-refractivity contribution in [2.45, 2.75) is 6.61 Å². The fourth-order valence-electron chi connectivity index (χ4n) is 2.24. The van der Waals surface area contributed by atoms with Gasteiger partial charge in [0.25, 0.3) is 5.91 Å². The van der Waals surface area contributed by atoms with Gasteiger partial charge in [-0.3, -0.25) is 4.79 Å². The molecule has 122 valence electrons. The van der Waals surface area contributed by atoms with Gasteiger partial charge < -0.3 is 14.8 Å². The van der Waals surface area contributed by atoms with Crippen LogP contribution in [0.15, 0.2) is 63.5 Å². The van der Waals surface area contributed by atoms with Crippen molar-refractivity contribution in [3.8, 4) is 11.3 Å². The number of anilines is 1. The highest BCUT2D eigenvalue weighted by molar-refractivity contribution is 9.10. The van der Waals surface area contributed by atoms with Gasteiger partial charge in [-0.25, -0.2) is 0 Å². The Morgan fingerprint density at radius 3 is 2.75 bits per heavy atom. The number of aliphatic hydroxyl groups excluding tert-OH is 1. The van der Waals surface area contributed by atoms with Crippen molar-refractivity contribution < 1.29 is 14.3 Å². The van der Waals surface area contributed by atoms with Crippen LogP contribution in [0.3, 0.4) is 0 Å². The summed E-state index contributed by atoms with van der Waals surface area (Å²) in [5.74, 6) is 0.810. The molecule has 0 fully saturated rings. The molecular weight excluding hydrogens is 394 g/mol. The third-order valence-electron chi connectivity index (χ3n) is 3.40. The second-order valence-electron chi connectivity index (χ2n) is 5.08. The van der Waals surface area contributed by atoms with Crippen LogP contribution in [0.4, 0.5) is 5.69 Å². The number of furan rings is 1. The van der Waals surface area contributed by atoms with Gasteiger partial charge in [-0.15, -0.1) is 0 Å². The summed E-state index contributed by atoms with van der Waals surface area (Å²) in [5, 5.41) is 12.3. The van der Waals surface area contributed by atoms with Gasteiger partial charge in [0.2, 0.25) is 0 Å². The van der Waals surface area contributed by atoms with Crippen LogP contribution >= 0.6 is 27.5 Å². The summed E-state index contributed by atoms with van der Waals surface area (Å²) in [7, 11) is 0. The predicted molar refractivity (Wildman–Crippen MR) is 97.2 cm³/mol. The number of carbonyl (C=O) groups is 1. The van der Waals surface area contributed by atoms with Crippen LogP contribution in [0.25, 0.3) is 11.3 Å². The Balaban J connectivity index is 1.84. The summed E-state index contributed by atoms with van der Waals surface area (Å²) in [6.45, 7) is -0.155. The van der Waals surface area contributed by atoms with Crippen molar-refractivity contribution in [1.29, 1.82) is 0 Å². The number of aliphatic hydroxyl groups is 1. The van der Waals surface area contributed by atoms with Crippen LogP contribution in [0.1, 0.15) is 16.1 Å². The maximum atomic E-state index is 12.4. The monoisotopic (exact) mass is 405 g/mol. The minimum Gasteiger partial charge on any atom is -0.459 e. The molecule has 0 saturated carbocycles. The topological polar surface area (TPSA) is 62.5 Å². The third-order valence-corrected chi connectivity index (χ3v) is 4.22. The molecule has 24 heavy (non-hydrogen) atoms. The number of benzene rings is 2. The smallest absolute Gasteiger partial charge is 0.257 e. The largest absolute Gasteiger partial charge is 0.459 e. The molecule has 1 aromatic heterocycles. The Kier molecular flexibility index (Phi) is 5.04.